The number of benzene rings is 3. The van der Waals surface area contributed by atoms with Crippen LogP contribution in [-0.4, -0.2) is 39.8 Å². The highest BCUT2D eigenvalue weighted by atomic mass is 35.5. The number of H-pyrrole nitrogens is 1. The molecule has 7 nitrogen and oxygen atoms in total. The largest absolute Gasteiger partial charge is 0.370 e. The molecule has 1 aliphatic rings. The number of primary amides is 1. The molecule has 1 saturated carbocycles. The van der Waals surface area contributed by atoms with Crippen LogP contribution in [0.3, 0.4) is 0 Å². The number of carbonyl (C=O) groups excluding carboxylic acids is 2. The molecule has 1 heterocycles. The molecule has 38 heavy (non-hydrogen) atoms. The van der Waals surface area contributed by atoms with E-state index in [1.807, 2.05) is 55.5 Å². The van der Waals surface area contributed by atoms with E-state index in [9.17, 15) is 14.4 Å². The Morgan fingerprint density at radius 3 is 2.55 bits per heavy atom. The number of hydrogen-bond donors (Lipinski definition) is 2. The molecule has 2 unspecified atom stereocenters. The van der Waals surface area contributed by atoms with Crippen LogP contribution < -0.4 is 11.3 Å². The summed E-state index contributed by atoms with van der Waals surface area (Å²) in [5.74, 6) is -0.641. The lowest BCUT2D eigenvalue weighted by molar-refractivity contribution is -0.118. The molecule has 194 valence electrons. The van der Waals surface area contributed by atoms with Crippen LogP contribution in [0.1, 0.15) is 51.5 Å². The summed E-state index contributed by atoms with van der Waals surface area (Å²) in [7, 11) is 0. The second kappa shape index (κ2) is 10.8. The van der Waals surface area contributed by atoms with Gasteiger partial charge in [-0.2, -0.15) is 0 Å². The fraction of sp³-hybridized carbons (Fsp3) is 0.267. The molecule has 8 heteroatoms. The summed E-state index contributed by atoms with van der Waals surface area (Å²) >= 11 is 6.42. The molecule has 1 fully saturated rings. The van der Waals surface area contributed by atoms with Gasteiger partial charge in [0.1, 0.15) is 5.69 Å². The molecule has 2 amide bonds. The first-order valence-electron chi connectivity index (χ1n) is 12.7. The minimum absolute atomic E-state index is 0.0614. The third-order valence-corrected chi connectivity index (χ3v) is 7.27. The summed E-state index contributed by atoms with van der Waals surface area (Å²) < 4.78 is 0. The van der Waals surface area contributed by atoms with Crippen LogP contribution in [0, 0.1) is 12.8 Å². The Bertz CT molecular complexity index is 1550. The van der Waals surface area contributed by atoms with E-state index in [-0.39, 0.29) is 36.3 Å². The third-order valence-electron chi connectivity index (χ3n) is 7.06. The number of fused-ring (bicyclic) bond motifs is 1. The van der Waals surface area contributed by atoms with E-state index in [0.29, 0.717) is 40.3 Å². The third kappa shape index (κ3) is 5.78. The van der Waals surface area contributed by atoms with E-state index in [1.165, 1.54) is 0 Å². The van der Waals surface area contributed by atoms with Crippen molar-refractivity contribution in [2.45, 2.75) is 32.1 Å². The van der Waals surface area contributed by atoms with Gasteiger partial charge in [-0.25, -0.2) is 4.98 Å². The zero-order valence-electron chi connectivity index (χ0n) is 21.1. The zero-order valence-corrected chi connectivity index (χ0v) is 21.9. The maximum Gasteiger partial charge on any atom is 0.270 e. The van der Waals surface area contributed by atoms with E-state index in [0.717, 1.165) is 23.1 Å². The molecule has 4 aromatic rings. The Morgan fingerprint density at radius 2 is 1.84 bits per heavy atom. The van der Waals surface area contributed by atoms with Crippen LogP contribution >= 0.6 is 11.6 Å². The fourth-order valence-corrected chi connectivity index (χ4v) is 5.15. The standard InChI is InChI=1S/C30H29ClN4O3/c1-18-7-9-20(10-8-18)30(38)35(12-11-26(32)36)17-22-15-24(22)28-29(37)34-27-21(13-19-5-3-2-4-6-19)14-23(31)16-25(27)33-28/h2-10,14,16,22,24H,11-13,15,17H2,1H3,(H2,32,36)(H,34,37). The summed E-state index contributed by atoms with van der Waals surface area (Å²) in [6, 6.07) is 20.9. The quantitative estimate of drug-likeness (QED) is 0.331. The average molecular weight is 529 g/mol. The minimum atomic E-state index is -0.463. The number of carbonyl (C=O) groups is 2. The van der Waals surface area contributed by atoms with E-state index >= 15 is 0 Å². The van der Waals surface area contributed by atoms with Gasteiger partial charge in [-0.1, -0.05) is 59.6 Å². The van der Waals surface area contributed by atoms with Crippen molar-refractivity contribution >= 4 is 34.4 Å². The van der Waals surface area contributed by atoms with Gasteiger partial charge in [-0.3, -0.25) is 14.4 Å². The van der Waals surface area contributed by atoms with Crippen LogP contribution in [0.25, 0.3) is 11.0 Å². The number of nitrogens with one attached hydrogen (secondary N) is 1. The number of aromatic amines is 1. The zero-order chi connectivity index (χ0) is 26.8. The Morgan fingerprint density at radius 1 is 1.11 bits per heavy atom. The second-order valence-electron chi connectivity index (χ2n) is 10.0. The number of nitrogens with zero attached hydrogens (tertiary/aromatic N) is 2. The van der Waals surface area contributed by atoms with Crippen molar-refractivity contribution in [1.29, 1.82) is 0 Å². The SMILES string of the molecule is Cc1ccc(C(=O)N(CCC(N)=O)CC2CC2c2nc3cc(Cl)cc(Cc4ccccc4)c3[nH]c2=O)cc1. The van der Waals surface area contributed by atoms with Gasteiger partial charge in [-0.05, 0) is 61.1 Å². The molecule has 5 rings (SSSR count). The first kappa shape index (κ1) is 25.7. The molecule has 2 atom stereocenters. The summed E-state index contributed by atoms with van der Waals surface area (Å²) in [5.41, 5.74) is 10.5. The van der Waals surface area contributed by atoms with Crippen molar-refractivity contribution in [3.8, 4) is 0 Å². The van der Waals surface area contributed by atoms with Gasteiger partial charge >= 0.3 is 0 Å². The number of rotatable bonds is 9. The summed E-state index contributed by atoms with van der Waals surface area (Å²) in [5, 5.41) is 0.558. The highest BCUT2D eigenvalue weighted by molar-refractivity contribution is 6.31. The molecule has 0 saturated heterocycles. The number of nitrogens with two attached hydrogens (primary N) is 1. The second-order valence-corrected chi connectivity index (χ2v) is 10.4. The Balaban J connectivity index is 1.38. The molecule has 3 aromatic carbocycles. The molecule has 0 bridgehead atoms. The monoisotopic (exact) mass is 528 g/mol. The van der Waals surface area contributed by atoms with Crippen molar-refractivity contribution in [3.05, 3.63) is 110 Å². The molecule has 0 spiro atoms. The van der Waals surface area contributed by atoms with Gasteiger partial charge in [0, 0.05) is 36.0 Å². The van der Waals surface area contributed by atoms with Crippen molar-refractivity contribution in [2.75, 3.05) is 13.1 Å². The average Bonchev–Trinajstić information content (AvgIpc) is 3.66. The lowest BCUT2D eigenvalue weighted by atomic mass is 10.0. The molecule has 1 aliphatic carbocycles. The Hall–Kier alpha value is -3.97. The summed E-state index contributed by atoms with van der Waals surface area (Å²) in [4.78, 5) is 47.3. The Kier molecular flexibility index (Phi) is 7.29. The molecular formula is C30H29ClN4O3. The number of aromatic nitrogens is 2. The van der Waals surface area contributed by atoms with Gasteiger partial charge in [0.05, 0.1) is 11.0 Å². The van der Waals surface area contributed by atoms with Crippen LogP contribution in [0.4, 0.5) is 0 Å². The topological polar surface area (TPSA) is 109 Å². The first-order valence-corrected chi connectivity index (χ1v) is 13.1. The van der Waals surface area contributed by atoms with Crippen molar-refractivity contribution in [3.63, 3.8) is 0 Å². The van der Waals surface area contributed by atoms with Crippen molar-refractivity contribution < 1.29 is 9.59 Å². The van der Waals surface area contributed by atoms with Crippen LogP contribution in [0.15, 0.2) is 71.5 Å². The smallest absolute Gasteiger partial charge is 0.270 e. The maximum absolute atomic E-state index is 13.2. The van der Waals surface area contributed by atoms with Crippen molar-refractivity contribution in [2.24, 2.45) is 11.7 Å². The van der Waals surface area contributed by atoms with Gasteiger partial charge in [0.2, 0.25) is 5.91 Å². The highest BCUT2D eigenvalue weighted by Crippen LogP contribution is 2.46. The Labute approximate surface area is 225 Å². The fourth-order valence-electron chi connectivity index (χ4n) is 4.91. The lowest BCUT2D eigenvalue weighted by Crippen LogP contribution is -2.36. The minimum Gasteiger partial charge on any atom is -0.370 e. The van der Waals surface area contributed by atoms with Gasteiger partial charge in [-0.15, -0.1) is 0 Å². The van der Waals surface area contributed by atoms with Crippen LogP contribution in [0.2, 0.25) is 5.02 Å². The molecular weight excluding hydrogens is 500 g/mol. The summed E-state index contributed by atoms with van der Waals surface area (Å²) in [6.07, 6.45) is 1.43. The number of amides is 2. The van der Waals surface area contributed by atoms with Crippen LogP contribution in [0.5, 0.6) is 0 Å². The molecule has 3 N–H and O–H groups in total. The van der Waals surface area contributed by atoms with Gasteiger partial charge < -0.3 is 15.6 Å². The summed E-state index contributed by atoms with van der Waals surface area (Å²) in [6.45, 7) is 2.60. The van der Waals surface area contributed by atoms with E-state index < -0.39 is 5.91 Å². The molecule has 0 aliphatic heterocycles. The van der Waals surface area contributed by atoms with E-state index in [2.05, 4.69) is 4.98 Å². The van der Waals surface area contributed by atoms with E-state index in [1.54, 1.807) is 23.1 Å². The van der Waals surface area contributed by atoms with Crippen LogP contribution in [-0.2, 0) is 11.2 Å². The molecule has 1 aromatic heterocycles. The highest BCUT2D eigenvalue weighted by Gasteiger charge is 2.43. The normalized spacial score (nSPS) is 16.4. The number of halogens is 1. The lowest BCUT2D eigenvalue weighted by Gasteiger charge is -2.22. The van der Waals surface area contributed by atoms with E-state index in [4.69, 9.17) is 22.3 Å². The first-order chi connectivity index (χ1) is 18.3. The predicted molar refractivity (Wildman–Crippen MR) is 148 cm³/mol. The number of aryl methyl sites for hydroxylation is 1. The number of hydrogen-bond acceptors (Lipinski definition) is 4. The van der Waals surface area contributed by atoms with Crippen molar-refractivity contribution in [1.82, 2.24) is 14.9 Å². The maximum atomic E-state index is 13.2. The predicted octanol–water partition coefficient (Wildman–Crippen LogP) is 4.60. The van der Waals surface area contributed by atoms with Gasteiger partial charge in [0.15, 0.2) is 0 Å². The molecule has 0 radical (unpaired) electrons. The van der Waals surface area contributed by atoms with Gasteiger partial charge in [0.25, 0.3) is 11.5 Å².